The second kappa shape index (κ2) is 6.40. The Hall–Kier alpha value is -1.35. The van der Waals surface area contributed by atoms with Crippen LogP contribution in [0.25, 0.3) is 0 Å². The van der Waals surface area contributed by atoms with Crippen molar-refractivity contribution in [3.05, 3.63) is 29.8 Å². The van der Waals surface area contributed by atoms with Crippen molar-refractivity contribution >= 4 is 11.6 Å². The lowest BCUT2D eigenvalue weighted by atomic mass is 9.90. The summed E-state index contributed by atoms with van der Waals surface area (Å²) in [4.78, 5) is 15.0. The summed E-state index contributed by atoms with van der Waals surface area (Å²) in [5.41, 5.74) is 1.89. The van der Waals surface area contributed by atoms with E-state index in [2.05, 4.69) is 31.3 Å². The Kier molecular flexibility index (Phi) is 4.81. The molecule has 2 rings (SSSR count). The van der Waals surface area contributed by atoms with Crippen LogP contribution in [0.3, 0.4) is 0 Å². The molecular formula is C17H26N2O. The molecule has 0 saturated carbocycles. The molecule has 0 spiro atoms. The Labute approximate surface area is 122 Å². The van der Waals surface area contributed by atoms with Crippen LogP contribution in [0.5, 0.6) is 0 Å². The van der Waals surface area contributed by atoms with Crippen molar-refractivity contribution in [2.24, 2.45) is 0 Å². The van der Waals surface area contributed by atoms with Crippen LogP contribution in [-0.2, 0) is 4.79 Å². The minimum absolute atomic E-state index is 0.239. The van der Waals surface area contributed by atoms with Gasteiger partial charge in [-0.25, -0.2) is 0 Å². The normalized spacial score (nSPS) is 21.9. The minimum atomic E-state index is -0.338. The van der Waals surface area contributed by atoms with E-state index < -0.39 is 0 Å². The molecule has 1 fully saturated rings. The number of nitrogens with zero attached hydrogens (tertiary/aromatic N) is 1. The van der Waals surface area contributed by atoms with Crippen LogP contribution in [0.4, 0.5) is 5.69 Å². The lowest BCUT2D eigenvalue weighted by molar-refractivity contribution is -0.124. The van der Waals surface area contributed by atoms with Crippen LogP contribution < -0.4 is 10.2 Å². The molecule has 1 N–H and O–H groups in total. The molecule has 1 aliphatic heterocycles. The van der Waals surface area contributed by atoms with Crippen molar-refractivity contribution in [1.82, 2.24) is 5.32 Å². The van der Waals surface area contributed by atoms with Gasteiger partial charge in [-0.15, -0.1) is 0 Å². The molecule has 1 aromatic carbocycles. The van der Waals surface area contributed by atoms with Gasteiger partial charge < -0.3 is 10.2 Å². The minimum Gasteiger partial charge on any atom is -0.311 e. The van der Waals surface area contributed by atoms with Crippen molar-refractivity contribution in [2.75, 3.05) is 18.0 Å². The Morgan fingerprint density at radius 1 is 1.30 bits per heavy atom. The number of amides is 1. The maximum atomic E-state index is 13.0. The van der Waals surface area contributed by atoms with E-state index in [9.17, 15) is 4.79 Å². The van der Waals surface area contributed by atoms with Gasteiger partial charge in [-0.05, 0) is 51.8 Å². The second-order valence-corrected chi connectivity index (χ2v) is 5.75. The number of benzene rings is 1. The highest BCUT2D eigenvalue weighted by Gasteiger charge is 2.42. The smallest absolute Gasteiger partial charge is 0.247 e. The van der Waals surface area contributed by atoms with Crippen molar-refractivity contribution in [2.45, 2.75) is 52.0 Å². The van der Waals surface area contributed by atoms with E-state index in [1.807, 2.05) is 24.0 Å². The van der Waals surface area contributed by atoms with Gasteiger partial charge in [0, 0.05) is 12.2 Å². The van der Waals surface area contributed by atoms with E-state index in [0.717, 1.165) is 44.5 Å². The molecule has 20 heavy (non-hydrogen) atoms. The molecule has 1 amide bonds. The molecule has 1 saturated heterocycles. The first-order chi connectivity index (χ1) is 9.63. The van der Waals surface area contributed by atoms with Crippen molar-refractivity contribution < 1.29 is 4.79 Å². The number of aryl methyl sites for hydroxylation is 1. The van der Waals surface area contributed by atoms with Gasteiger partial charge in [0.05, 0.1) is 5.54 Å². The molecule has 3 nitrogen and oxygen atoms in total. The topological polar surface area (TPSA) is 32.3 Å². The standard InChI is InChI=1S/C17H26N2O/c1-4-11-17(12-6-13-18-17)16(20)19(5-2)15-9-7-14(3)8-10-15/h7-10,18H,4-6,11-13H2,1-3H3. The van der Waals surface area contributed by atoms with Crippen molar-refractivity contribution in [3.8, 4) is 0 Å². The zero-order chi connectivity index (χ0) is 14.6. The fourth-order valence-corrected chi connectivity index (χ4v) is 3.16. The highest BCUT2D eigenvalue weighted by Crippen LogP contribution is 2.29. The maximum absolute atomic E-state index is 13.0. The van der Waals surface area contributed by atoms with Crippen LogP contribution in [0.2, 0.25) is 0 Å². The van der Waals surface area contributed by atoms with Crippen LogP contribution in [0.15, 0.2) is 24.3 Å². The number of hydrogen-bond donors (Lipinski definition) is 1. The molecule has 1 heterocycles. The molecule has 1 aliphatic rings. The summed E-state index contributed by atoms with van der Waals surface area (Å²) in [6, 6.07) is 8.23. The van der Waals surface area contributed by atoms with Crippen molar-refractivity contribution in [1.29, 1.82) is 0 Å². The average Bonchev–Trinajstić information content (AvgIpc) is 2.92. The van der Waals surface area contributed by atoms with Crippen LogP contribution >= 0.6 is 0 Å². The quantitative estimate of drug-likeness (QED) is 0.893. The summed E-state index contributed by atoms with van der Waals surface area (Å²) in [7, 11) is 0. The van der Waals surface area contributed by atoms with Gasteiger partial charge in [0.25, 0.3) is 0 Å². The van der Waals surface area contributed by atoms with Gasteiger partial charge in [-0.1, -0.05) is 31.0 Å². The van der Waals surface area contributed by atoms with E-state index in [0.29, 0.717) is 0 Å². The predicted octanol–water partition coefficient (Wildman–Crippen LogP) is 3.27. The third-order valence-corrected chi connectivity index (χ3v) is 4.24. The van der Waals surface area contributed by atoms with Gasteiger partial charge in [0.2, 0.25) is 5.91 Å². The molecule has 1 atom stereocenters. The first kappa shape index (κ1) is 15.0. The second-order valence-electron chi connectivity index (χ2n) is 5.75. The Bertz CT molecular complexity index is 447. The summed E-state index contributed by atoms with van der Waals surface area (Å²) in [6.45, 7) is 7.94. The molecule has 0 radical (unpaired) electrons. The Morgan fingerprint density at radius 3 is 2.50 bits per heavy atom. The zero-order valence-corrected chi connectivity index (χ0v) is 12.9. The van der Waals surface area contributed by atoms with Crippen LogP contribution in [-0.4, -0.2) is 24.5 Å². The van der Waals surface area contributed by atoms with Crippen LogP contribution in [0, 0.1) is 6.92 Å². The Morgan fingerprint density at radius 2 is 2.00 bits per heavy atom. The summed E-state index contributed by atoms with van der Waals surface area (Å²) in [5, 5.41) is 3.48. The number of carbonyl (C=O) groups excluding carboxylic acids is 1. The number of anilines is 1. The predicted molar refractivity (Wildman–Crippen MR) is 84.1 cm³/mol. The lowest BCUT2D eigenvalue weighted by Crippen LogP contribution is -2.55. The highest BCUT2D eigenvalue weighted by molar-refractivity contribution is 6.00. The number of rotatable bonds is 5. The number of nitrogens with one attached hydrogen (secondary N) is 1. The van der Waals surface area contributed by atoms with Gasteiger partial charge >= 0.3 is 0 Å². The summed E-state index contributed by atoms with van der Waals surface area (Å²) in [6.07, 6.45) is 4.01. The fourth-order valence-electron chi connectivity index (χ4n) is 3.16. The van der Waals surface area contributed by atoms with Gasteiger partial charge in [0.1, 0.15) is 0 Å². The third-order valence-electron chi connectivity index (χ3n) is 4.24. The molecular weight excluding hydrogens is 248 g/mol. The molecule has 0 aromatic heterocycles. The number of carbonyl (C=O) groups is 1. The SMILES string of the molecule is CCCC1(C(=O)N(CC)c2ccc(C)cc2)CCCN1. The first-order valence-corrected chi connectivity index (χ1v) is 7.76. The van der Waals surface area contributed by atoms with E-state index in [-0.39, 0.29) is 11.4 Å². The molecule has 1 unspecified atom stereocenters. The summed E-state index contributed by atoms with van der Waals surface area (Å²) < 4.78 is 0. The van der Waals surface area contributed by atoms with E-state index in [1.54, 1.807) is 0 Å². The molecule has 1 aromatic rings. The maximum Gasteiger partial charge on any atom is 0.247 e. The van der Waals surface area contributed by atoms with Gasteiger partial charge in [-0.3, -0.25) is 4.79 Å². The zero-order valence-electron chi connectivity index (χ0n) is 12.9. The molecule has 110 valence electrons. The largest absolute Gasteiger partial charge is 0.311 e. The molecule has 0 aliphatic carbocycles. The van der Waals surface area contributed by atoms with E-state index in [1.165, 1.54) is 5.56 Å². The summed E-state index contributed by atoms with van der Waals surface area (Å²) in [5.74, 6) is 0.239. The molecule has 3 heteroatoms. The number of likely N-dealkylation sites (N-methyl/N-ethyl adjacent to an activating group) is 1. The first-order valence-electron chi connectivity index (χ1n) is 7.76. The van der Waals surface area contributed by atoms with Crippen molar-refractivity contribution in [3.63, 3.8) is 0 Å². The average molecular weight is 274 g/mol. The highest BCUT2D eigenvalue weighted by atomic mass is 16.2. The Balaban J connectivity index is 2.25. The number of hydrogen-bond acceptors (Lipinski definition) is 2. The monoisotopic (exact) mass is 274 g/mol. The third kappa shape index (κ3) is 2.88. The van der Waals surface area contributed by atoms with Gasteiger partial charge in [0.15, 0.2) is 0 Å². The molecule has 0 bridgehead atoms. The van der Waals surface area contributed by atoms with Crippen LogP contribution in [0.1, 0.15) is 45.1 Å². The van der Waals surface area contributed by atoms with Gasteiger partial charge in [-0.2, -0.15) is 0 Å². The fraction of sp³-hybridized carbons (Fsp3) is 0.588. The summed E-state index contributed by atoms with van der Waals surface area (Å²) >= 11 is 0. The van der Waals surface area contributed by atoms with E-state index >= 15 is 0 Å². The lowest BCUT2D eigenvalue weighted by Gasteiger charge is -2.34. The van der Waals surface area contributed by atoms with E-state index in [4.69, 9.17) is 0 Å².